The van der Waals surface area contributed by atoms with Crippen LogP contribution in [0.15, 0.2) is 54.7 Å². The highest BCUT2D eigenvalue weighted by Gasteiger charge is 2.43. The predicted molar refractivity (Wildman–Crippen MR) is 118 cm³/mol. The Morgan fingerprint density at radius 1 is 1.15 bits per heavy atom. The molecule has 0 radical (unpaired) electrons. The van der Waals surface area contributed by atoms with Crippen LogP contribution in [-0.2, 0) is 10.3 Å². The van der Waals surface area contributed by atoms with Crippen molar-refractivity contribution >= 4 is 11.9 Å². The van der Waals surface area contributed by atoms with Gasteiger partial charge < -0.3 is 19.5 Å². The fraction of sp³-hybridized carbons (Fsp3) is 0.240. The largest absolute Gasteiger partial charge is 0.496 e. The maximum absolute atomic E-state index is 14.6. The zero-order valence-corrected chi connectivity index (χ0v) is 18.5. The molecule has 0 saturated heterocycles. The van der Waals surface area contributed by atoms with Gasteiger partial charge in [0.2, 0.25) is 0 Å². The monoisotopic (exact) mass is 450 g/mol. The van der Waals surface area contributed by atoms with E-state index in [4.69, 9.17) is 14.2 Å². The molecule has 3 aromatic rings. The van der Waals surface area contributed by atoms with E-state index in [1.54, 1.807) is 37.4 Å². The molecule has 1 aliphatic heterocycles. The molecule has 0 spiro atoms. The zero-order valence-electron chi connectivity index (χ0n) is 18.5. The van der Waals surface area contributed by atoms with Crippen LogP contribution in [0.4, 0.5) is 4.39 Å². The number of aromatic nitrogens is 1. The van der Waals surface area contributed by atoms with Crippen LogP contribution in [0.25, 0.3) is 0 Å². The summed E-state index contributed by atoms with van der Waals surface area (Å²) in [5, 5.41) is 3.05. The van der Waals surface area contributed by atoms with E-state index in [0.717, 1.165) is 0 Å². The molecule has 8 heteroatoms. The summed E-state index contributed by atoms with van der Waals surface area (Å²) in [5.74, 6) is -0.716. The van der Waals surface area contributed by atoms with Crippen molar-refractivity contribution in [2.45, 2.75) is 18.9 Å². The maximum atomic E-state index is 14.6. The number of halogens is 1. The van der Waals surface area contributed by atoms with Gasteiger partial charge in [0.05, 0.1) is 32.0 Å². The first-order valence-corrected chi connectivity index (χ1v) is 10.3. The highest BCUT2D eigenvalue weighted by molar-refractivity contribution is 6.00. The third-order valence-corrected chi connectivity index (χ3v) is 5.77. The van der Waals surface area contributed by atoms with Crippen LogP contribution in [0.1, 0.15) is 44.0 Å². The minimum atomic E-state index is -1.16. The van der Waals surface area contributed by atoms with Crippen LogP contribution in [0.2, 0.25) is 0 Å². The van der Waals surface area contributed by atoms with Gasteiger partial charge in [0.25, 0.3) is 5.91 Å². The number of benzene rings is 2. The van der Waals surface area contributed by atoms with Gasteiger partial charge in [0.1, 0.15) is 28.5 Å². The lowest BCUT2D eigenvalue weighted by Crippen LogP contribution is -2.50. The Hall–Kier alpha value is -3.94. The van der Waals surface area contributed by atoms with Crippen molar-refractivity contribution in [3.05, 3.63) is 88.5 Å². The second-order valence-electron chi connectivity index (χ2n) is 7.68. The Labute approximate surface area is 190 Å². The zero-order chi connectivity index (χ0) is 23.6. The first-order chi connectivity index (χ1) is 15.9. The lowest BCUT2D eigenvalue weighted by molar-refractivity contribution is 0.0600. The summed E-state index contributed by atoms with van der Waals surface area (Å²) in [6.07, 6.45) is 1.92. The Morgan fingerprint density at radius 2 is 1.97 bits per heavy atom. The number of ether oxygens (including phenoxy) is 3. The molecule has 1 aliphatic rings. The number of aryl methyl sites for hydroxylation is 1. The fourth-order valence-electron chi connectivity index (χ4n) is 3.98. The van der Waals surface area contributed by atoms with Crippen LogP contribution < -0.4 is 14.8 Å². The van der Waals surface area contributed by atoms with Gasteiger partial charge in [-0.05, 0) is 54.4 Å². The summed E-state index contributed by atoms with van der Waals surface area (Å²) in [5.41, 5.74) is 0.662. The number of rotatable bonds is 5. The van der Waals surface area contributed by atoms with Crippen molar-refractivity contribution in [1.82, 2.24) is 10.3 Å². The summed E-state index contributed by atoms with van der Waals surface area (Å²) in [6.45, 7) is 1.96. The molecular weight excluding hydrogens is 427 g/mol. The average molecular weight is 450 g/mol. The number of hydrogen-bond donors (Lipinski definition) is 1. The number of methoxy groups -OCH3 is 2. The van der Waals surface area contributed by atoms with Gasteiger partial charge >= 0.3 is 5.97 Å². The smallest absolute Gasteiger partial charge is 0.337 e. The van der Waals surface area contributed by atoms with Crippen LogP contribution in [0, 0.1) is 12.7 Å². The maximum Gasteiger partial charge on any atom is 0.337 e. The topological polar surface area (TPSA) is 86.8 Å². The molecule has 2 aromatic carbocycles. The quantitative estimate of drug-likeness (QED) is 0.596. The molecule has 7 nitrogen and oxygen atoms in total. The minimum absolute atomic E-state index is 0.135. The Morgan fingerprint density at radius 3 is 2.70 bits per heavy atom. The van der Waals surface area contributed by atoms with Crippen molar-refractivity contribution in [2.75, 3.05) is 20.8 Å². The second-order valence-corrected chi connectivity index (χ2v) is 7.68. The van der Waals surface area contributed by atoms with Gasteiger partial charge in [-0.1, -0.05) is 12.1 Å². The van der Waals surface area contributed by atoms with E-state index < -0.39 is 23.2 Å². The van der Waals surface area contributed by atoms with Gasteiger partial charge in [-0.25, -0.2) is 9.18 Å². The summed E-state index contributed by atoms with van der Waals surface area (Å²) in [4.78, 5) is 30.1. The van der Waals surface area contributed by atoms with Crippen LogP contribution in [0.5, 0.6) is 11.5 Å². The summed E-state index contributed by atoms with van der Waals surface area (Å²) in [7, 11) is 2.69. The van der Waals surface area contributed by atoms with Crippen LogP contribution in [0.3, 0.4) is 0 Å². The Kier molecular flexibility index (Phi) is 6.00. The first-order valence-electron chi connectivity index (χ1n) is 10.3. The molecule has 0 aliphatic carbocycles. The second kappa shape index (κ2) is 8.90. The lowest BCUT2D eigenvalue weighted by Gasteiger charge is -2.39. The SMILES string of the molecule is COC(=O)c1ccc(OC)c(C(=O)N[C@]2(c3ccc(C)c(F)c3)CCOc3cccnc32)c1. The standard InChI is InChI=1S/C25H23FN2O5/c1-15-6-8-17(14-19(15)26)25(10-12-33-21-5-4-11-27-22(21)25)28-23(29)18-13-16(24(30)32-3)7-9-20(18)31-2/h4-9,11,13-14H,10,12H2,1-3H3,(H,28,29)/t25-/m0/s1. The van der Waals surface area contributed by atoms with E-state index in [0.29, 0.717) is 29.0 Å². The highest BCUT2D eigenvalue weighted by atomic mass is 19.1. The number of carbonyl (C=O) groups excluding carboxylic acids is 2. The Balaban J connectivity index is 1.85. The summed E-state index contributed by atoms with van der Waals surface area (Å²) >= 11 is 0. The van der Waals surface area contributed by atoms with E-state index >= 15 is 0 Å². The average Bonchev–Trinajstić information content (AvgIpc) is 2.84. The van der Waals surface area contributed by atoms with E-state index in [1.807, 2.05) is 0 Å². The van der Waals surface area contributed by atoms with Crippen molar-refractivity contribution in [3.8, 4) is 11.5 Å². The van der Waals surface area contributed by atoms with Gasteiger partial charge in [-0.15, -0.1) is 0 Å². The highest BCUT2D eigenvalue weighted by Crippen LogP contribution is 2.41. The number of pyridine rings is 1. The van der Waals surface area contributed by atoms with Gasteiger partial charge in [0.15, 0.2) is 0 Å². The van der Waals surface area contributed by atoms with Gasteiger partial charge in [0, 0.05) is 12.6 Å². The van der Waals surface area contributed by atoms with Crippen molar-refractivity contribution in [2.24, 2.45) is 0 Å². The van der Waals surface area contributed by atoms with E-state index in [2.05, 4.69) is 10.3 Å². The third kappa shape index (κ3) is 4.00. The molecular formula is C25H23FN2O5. The molecule has 170 valence electrons. The molecule has 1 amide bonds. The number of hydrogen-bond acceptors (Lipinski definition) is 6. The van der Waals surface area contributed by atoms with Crippen LogP contribution >= 0.6 is 0 Å². The number of fused-ring (bicyclic) bond motifs is 1. The van der Waals surface area contributed by atoms with E-state index in [9.17, 15) is 14.0 Å². The molecule has 0 unspecified atom stereocenters. The van der Waals surface area contributed by atoms with Crippen molar-refractivity contribution in [3.63, 3.8) is 0 Å². The molecule has 33 heavy (non-hydrogen) atoms. The first kappa shape index (κ1) is 22.3. The molecule has 1 N–H and O–H groups in total. The number of carbonyl (C=O) groups is 2. The number of esters is 1. The fourth-order valence-corrected chi connectivity index (χ4v) is 3.98. The normalized spacial score (nSPS) is 16.8. The summed E-state index contributed by atoms with van der Waals surface area (Å²) < 4.78 is 30.5. The number of amides is 1. The van der Waals surface area contributed by atoms with Gasteiger partial charge in [-0.2, -0.15) is 0 Å². The minimum Gasteiger partial charge on any atom is -0.496 e. The lowest BCUT2D eigenvalue weighted by atomic mass is 9.80. The van der Waals surface area contributed by atoms with Gasteiger partial charge in [-0.3, -0.25) is 9.78 Å². The molecule has 1 atom stereocenters. The van der Waals surface area contributed by atoms with E-state index in [1.165, 1.54) is 38.5 Å². The molecule has 1 aromatic heterocycles. The molecule has 0 bridgehead atoms. The third-order valence-electron chi connectivity index (χ3n) is 5.77. The predicted octanol–water partition coefficient (Wildman–Crippen LogP) is 3.78. The molecule has 0 fully saturated rings. The van der Waals surface area contributed by atoms with Crippen LogP contribution in [-0.4, -0.2) is 37.7 Å². The number of nitrogens with one attached hydrogen (secondary N) is 1. The molecule has 4 rings (SSSR count). The van der Waals surface area contributed by atoms with Crippen molar-refractivity contribution in [1.29, 1.82) is 0 Å². The number of nitrogens with zero attached hydrogens (tertiary/aromatic N) is 1. The Bertz CT molecular complexity index is 1230. The molecule has 0 saturated carbocycles. The summed E-state index contributed by atoms with van der Waals surface area (Å²) in [6, 6.07) is 12.8. The van der Waals surface area contributed by atoms with E-state index in [-0.39, 0.29) is 23.5 Å². The molecule has 2 heterocycles. The van der Waals surface area contributed by atoms with Crippen molar-refractivity contribution < 1.29 is 28.2 Å².